The van der Waals surface area contributed by atoms with Crippen LogP contribution in [0, 0.1) is 5.92 Å². The molecule has 0 aliphatic carbocycles. The lowest BCUT2D eigenvalue weighted by Gasteiger charge is -2.29. The molecule has 3 N–H and O–H groups in total. The Balaban J connectivity index is 2.40. The highest BCUT2D eigenvalue weighted by atomic mass is 16.5. The van der Waals surface area contributed by atoms with Crippen LogP contribution in [-0.4, -0.2) is 13.2 Å². The molecule has 0 bridgehead atoms. The van der Waals surface area contributed by atoms with Crippen LogP contribution < -0.4 is 11.3 Å². The number of nitrogens with two attached hydrogens (primary N) is 1. The highest BCUT2D eigenvalue weighted by Crippen LogP contribution is 2.26. The van der Waals surface area contributed by atoms with Gasteiger partial charge in [0, 0.05) is 7.11 Å². The highest BCUT2D eigenvalue weighted by molar-refractivity contribution is 5.83. The molecule has 0 saturated heterocycles. The smallest absolute Gasteiger partial charge is 0.0801 e. The van der Waals surface area contributed by atoms with Crippen molar-refractivity contribution in [1.82, 2.24) is 5.43 Å². The summed E-state index contributed by atoms with van der Waals surface area (Å²) in [6.07, 6.45) is 0.0474. The lowest BCUT2D eigenvalue weighted by atomic mass is 9.92. The summed E-state index contributed by atoms with van der Waals surface area (Å²) >= 11 is 0. The number of ether oxygens (including phenoxy) is 1. The number of fused-ring (bicyclic) bond motifs is 1. The molecule has 2 unspecified atom stereocenters. The standard InChI is InChI=1S/C16H22N2O/c1-11(2)16(19-3)15(18-17)14-9-8-12-6-4-5-7-13(12)10-14/h4-11,15-16,18H,17H2,1-3H3. The Morgan fingerprint density at radius 3 is 2.32 bits per heavy atom. The average Bonchev–Trinajstić information content (AvgIpc) is 2.43. The Labute approximate surface area is 114 Å². The fourth-order valence-corrected chi connectivity index (χ4v) is 2.58. The van der Waals surface area contributed by atoms with Gasteiger partial charge in [0.25, 0.3) is 0 Å². The lowest BCUT2D eigenvalue weighted by Crippen LogP contribution is -2.40. The molecule has 0 heterocycles. The van der Waals surface area contributed by atoms with E-state index >= 15 is 0 Å². The zero-order valence-electron chi connectivity index (χ0n) is 11.8. The van der Waals surface area contributed by atoms with Crippen LogP contribution in [0.2, 0.25) is 0 Å². The van der Waals surface area contributed by atoms with Gasteiger partial charge in [0.1, 0.15) is 0 Å². The van der Waals surface area contributed by atoms with Gasteiger partial charge in [-0.05, 0) is 28.3 Å². The van der Waals surface area contributed by atoms with Gasteiger partial charge in [-0.15, -0.1) is 0 Å². The van der Waals surface area contributed by atoms with Crippen molar-refractivity contribution in [2.45, 2.75) is 26.0 Å². The van der Waals surface area contributed by atoms with Gasteiger partial charge < -0.3 is 4.74 Å². The normalized spacial score (nSPS) is 14.8. The van der Waals surface area contributed by atoms with Crippen molar-refractivity contribution >= 4 is 10.8 Å². The molecule has 0 saturated carbocycles. The first-order valence-electron chi connectivity index (χ1n) is 6.65. The molecule has 3 heteroatoms. The van der Waals surface area contributed by atoms with Gasteiger partial charge in [0.2, 0.25) is 0 Å². The summed E-state index contributed by atoms with van der Waals surface area (Å²) in [5.74, 6) is 6.12. The van der Waals surface area contributed by atoms with E-state index in [1.54, 1.807) is 7.11 Å². The molecule has 0 radical (unpaired) electrons. The third-order valence-corrected chi connectivity index (χ3v) is 3.57. The Morgan fingerprint density at radius 1 is 1.05 bits per heavy atom. The average molecular weight is 258 g/mol. The molecule has 2 aromatic rings. The number of hydrogen-bond acceptors (Lipinski definition) is 3. The molecule has 0 spiro atoms. The van der Waals surface area contributed by atoms with Crippen LogP contribution >= 0.6 is 0 Å². The van der Waals surface area contributed by atoms with Crippen molar-refractivity contribution in [2.75, 3.05) is 7.11 Å². The van der Waals surface area contributed by atoms with Gasteiger partial charge in [-0.1, -0.05) is 50.2 Å². The van der Waals surface area contributed by atoms with Crippen molar-refractivity contribution in [2.24, 2.45) is 11.8 Å². The minimum atomic E-state index is -0.00499. The molecule has 3 nitrogen and oxygen atoms in total. The minimum Gasteiger partial charge on any atom is -0.379 e. The SMILES string of the molecule is COC(C(C)C)C(NN)c1ccc2ccccc2c1. The number of rotatable bonds is 5. The maximum absolute atomic E-state index is 5.73. The Morgan fingerprint density at radius 2 is 1.74 bits per heavy atom. The maximum atomic E-state index is 5.73. The predicted octanol–water partition coefficient (Wildman–Crippen LogP) is 3.02. The quantitative estimate of drug-likeness (QED) is 0.640. The number of nitrogens with one attached hydrogen (secondary N) is 1. The van der Waals surface area contributed by atoms with E-state index in [4.69, 9.17) is 10.6 Å². The third kappa shape index (κ3) is 2.95. The van der Waals surface area contributed by atoms with Crippen molar-refractivity contribution in [3.63, 3.8) is 0 Å². The number of hydrogen-bond donors (Lipinski definition) is 2. The summed E-state index contributed by atoms with van der Waals surface area (Å²) in [4.78, 5) is 0. The van der Waals surface area contributed by atoms with E-state index in [-0.39, 0.29) is 12.1 Å². The van der Waals surface area contributed by atoms with Crippen LogP contribution in [-0.2, 0) is 4.74 Å². The van der Waals surface area contributed by atoms with Gasteiger partial charge >= 0.3 is 0 Å². The summed E-state index contributed by atoms with van der Waals surface area (Å²) in [5, 5.41) is 2.46. The van der Waals surface area contributed by atoms with Crippen molar-refractivity contribution < 1.29 is 4.74 Å². The maximum Gasteiger partial charge on any atom is 0.0801 e. The molecule has 2 rings (SSSR count). The molecule has 0 aliphatic rings. The zero-order chi connectivity index (χ0) is 13.8. The molecule has 0 aromatic heterocycles. The fourth-order valence-electron chi connectivity index (χ4n) is 2.58. The topological polar surface area (TPSA) is 47.3 Å². The highest BCUT2D eigenvalue weighted by Gasteiger charge is 2.24. The van der Waals surface area contributed by atoms with E-state index in [1.165, 1.54) is 10.8 Å². The van der Waals surface area contributed by atoms with Gasteiger partial charge in [-0.2, -0.15) is 0 Å². The van der Waals surface area contributed by atoms with Crippen molar-refractivity contribution in [1.29, 1.82) is 0 Å². The van der Waals surface area contributed by atoms with Crippen LogP contribution in [0.5, 0.6) is 0 Å². The number of methoxy groups -OCH3 is 1. The van der Waals surface area contributed by atoms with Crippen LogP contribution in [0.3, 0.4) is 0 Å². The fraction of sp³-hybridized carbons (Fsp3) is 0.375. The first kappa shape index (κ1) is 14.0. The number of benzene rings is 2. The van der Waals surface area contributed by atoms with Crippen LogP contribution in [0.25, 0.3) is 10.8 Å². The zero-order valence-corrected chi connectivity index (χ0v) is 11.8. The van der Waals surface area contributed by atoms with Crippen molar-refractivity contribution in [3.8, 4) is 0 Å². The molecule has 19 heavy (non-hydrogen) atoms. The van der Waals surface area contributed by atoms with Crippen LogP contribution in [0.15, 0.2) is 42.5 Å². The molecular weight excluding hydrogens is 236 g/mol. The first-order chi connectivity index (χ1) is 9.17. The predicted molar refractivity (Wildman–Crippen MR) is 79.6 cm³/mol. The Hall–Kier alpha value is -1.42. The van der Waals surface area contributed by atoms with Crippen LogP contribution in [0.1, 0.15) is 25.5 Å². The molecule has 0 amide bonds. The van der Waals surface area contributed by atoms with E-state index in [0.717, 1.165) is 5.56 Å². The second-order valence-electron chi connectivity index (χ2n) is 5.20. The van der Waals surface area contributed by atoms with Crippen molar-refractivity contribution in [3.05, 3.63) is 48.0 Å². The third-order valence-electron chi connectivity index (χ3n) is 3.57. The van der Waals surface area contributed by atoms with Gasteiger partial charge in [-0.3, -0.25) is 11.3 Å². The Bertz CT molecular complexity index is 539. The summed E-state index contributed by atoms with van der Waals surface area (Å²) in [5.41, 5.74) is 4.04. The summed E-state index contributed by atoms with van der Waals surface area (Å²) in [6.45, 7) is 4.28. The van der Waals surface area contributed by atoms with E-state index in [9.17, 15) is 0 Å². The minimum absolute atomic E-state index is 0.00499. The second-order valence-corrected chi connectivity index (χ2v) is 5.20. The second kappa shape index (κ2) is 6.15. The monoisotopic (exact) mass is 258 g/mol. The van der Waals surface area contributed by atoms with E-state index < -0.39 is 0 Å². The molecule has 0 fully saturated rings. The first-order valence-corrected chi connectivity index (χ1v) is 6.65. The summed E-state index contributed by atoms with van der Waals surface area (Å²) in [7, 11) is 1.73. The van der Waals surface area contributed by atoms with E-state index in [2.05, 4.69) is 49.6 Å². The van der Waals surface area contributed by atoms with E-state index in [0.29, 0.717) is 5.92 Å². The summed E-state index contributed by atoms with van der Waals surface area (Å²) in [6, 6.07) is 14.7. The molecule has 2 aromatic carbocycles. The molecule has 102 valence electrons. The molecule has 2 atom stereocenters. The van der Waals surface area contributed by atoms with Crippen LogP contribution in [0.4, 0.5) is 0 Å². The van der Waals surface area contributed by atoms with E-state index in [1.807, 2.05) is 12.1 Å². The van der Waals surface area contributed by atoms with Gasteiger partial charge in [0.05, 0.1) is 12.1 Å². The summed E-state index contributed by atoms with van der Waals surface area (Å²) < 4.78 is 5.59. The number of hydrazine groups is 1. The molecule has 0 aliphatic heterocycles. The van der Waals surface area contributed by atoms with Gasteiger partial charge in [0.15, 0.2) is 0 Å². The largest absolute Gasteiger partial charge is 0.379 e. The molecular formula is C16H22N2O. The lowest BCUT2D eigenvalue weighted by molar-refractivity contribution is 0.0326. The van der Waals surface area contributed by atoms with Gasteiger partial charge in [-0.25, -0.2) is 0 Å². The Kier molecular flexibility index (Phi) is 4.53.